The highest BCUT2D eigenvalue weighted by Gasteiger charge is 2.39. The highest BCUT2D eigenvalue weighted by molar-refractivity contribution is 8.12. The van der Waals surface area contributed by atoms with Crippen molar-refractivity contribution in [1.82, 2.24) is 4.90 Å². The van der Waals surface area contributed by atoms with Crippen LogP contribution >= 0.6 is 11.8 Å². The minimum absolute atomic E-state index is 0.0311. The molecule has 2 amide bonds. The SMILES string of the molecule is CCOC(=O)N1c2cc(OC)c(OC)cc2[C@H](N(Cc2ccccc2)C(=O)SC)C[C@@H]1C. The fourth-order valence-corrected chi connectivity index (χ4v) is 4.54. The average Bonchev–Trinajstić information content (AvgIpc) is 2.81. The Bertz CT molecular complexity index is 953. The molecule has 1 aliphatic heterocycles. The monoisotopic (exact) mass is 458 g/mol. The zero-order chi connectivity index (χ0) is 23.3. The number of carbonyl (C=O) groups is 2. The van der Waals surface area contributed by atoms with Crippen LogP contribution in [0.25, 0.3) is 0 Å². The van der Waals surface area contributed by atoms with E-state index in [0.29, 0.717) is 30.2 Å². The van der Waals surface area contributed by atoms with Crippen LogP contribution < -0.4 is 14.4 Å². The van der Waals surface area contributed by atoms with Gasteiger partial charge in [0.1, 0.15) is 0 Å². The molecular formula is C24H30N2O5S. The molecule has 0 unspecified atom stereocenters. The van der Waals surface area contributed by atoms with Crippen LogP contribution in [0.1, 0.15) is 37.4 Å². The smallest absolute Gasteiger partial charge is 0.414 e. The van der Waals surface area contributed by atoms with E-state index >= 15 is 0 Å². The van der Waals surface area contributed by atoms with Crippen molar-refractivity contribution in [3.8, 4) is 11.5 Å². The fourth-order valence-electron chi connectivity index (χ4n) is 4.12. The molecule has 0 saturated carbocycles. The molecule has 0 spiro atoms. The molecule has 0 saturated heterocycles. The second-order valence-electron chi connectivity index (χ2n) is 7.52. The highest BCUT2D eigenvalue weighted by atomic mass is 32.2. The molecule has 1 aliphatic rings. The van der Waals surface area contributed by atoms with E-state index in [2.05, 4.69) is 0 Å². The van der Waals surface area contributed by atoms with Crippen molar-refractivity contribution in [3.05, 3.63) is 53.6 Å². The Morgan fingerprint density at radius 2 is 1.78 bits per heavy atom. The highest BCUT2D eigenvalue weighted by Crippen LogP contribution is 2.46. The first kappa shape index (κ1) is 23.8. The minimum atomic E-state index is -0.419. The number of fused-ring (bicyclic) bond motifs is 1. The van der Waals surface area contributed by atoms with Gasteiger partial charge in [-0.15, -0.1) is 0 Å². The molecule has 7 nitrogen and oxygen atoms in total. The Balaban J connectivity index is 2.14. The van der Waals surface area contributed by atoms with Crippen molar-refractivity contribution in [3.63, 3.8) is 0 Å². The van der Waals surface area contributed by atoms with Gasteiger partial charge in [-0.1, -0.05) is 42.1 Å². The van der Waals surface area contributed by atoms with Gasteiger partial charge in [-0.05, 0) is 38.2 Å². The van der Waals surface area contributed by atoms with E-state index in [0.717, 1.165) is 11.1 Å². The standard InChI is InChI=1S/C24H30N2O5S/c1-6-31-23(27)26-16(2)12-19(18-13-21(29-3)22(30-4)14-20(18)26)25(24(28)32-5)15-17-10-8-7-9-11-17/h7-11,13-14,16,19H,6,12,15H2,1-5H3/t16-,19+/m0/s1. The van der Waals surface area contributed by atoms with Crippen LogP contribution in [-0.2, 0) is 11.3 Å². The van der Waals surface area contributed by atoms with Gasteiger partial charge < -0.3 is 19.1 Å². The first-order chi connectivity index (χ1) is 15.4. The van der Waals surface area contributed by atoms with Crippen molar-refractivity contribution < 1.29 is 23.8 Å². The van der Waals surface area contributed by atoms with Crippen LogP contribution in [0.4, 0.5) is 15.3 Å². The van der Waals surface area contributed by atoms with Crippen molar-refractivity contribution in [1.29, 1.82) is 0 Å². The molecule has 0 bridgehead atoms. The number of nitrogens with zero attached hydrogens (tertiary/aromatic N) is 2. The van der Waals surface area contributed by atoms with Gasteiger partial charge in [0.25, 0.3) is 5.24 Å². The quantitative estimate of drug-likeness (QED) is 0.571. The third-order valence-electron chi connectivity index (χ3n) is 5.60. The van der Waals surface area contributed by atoms with Crippen molar-refractivity contribution >= 4 is 28.8 Å². The molecule has 1 heterocycles. The van der Waals surface area contributed by atoms with Crippen LogP contribution in [0.3, 0.4) is 0 Å². The van der Waals surface area contributed by atoms with Crippen LogP contribution in [0.5, 0.6) is 11.5 Å². The lowest BCUT2D eigenvalue weighted by atomic mass is 9.90. The van der Waals surface area contributed by atoms with Gasteiger partial charge in [0.15, 0.2) is 11.5 Å². The molecule has 0 N–H and O–H groups in total. The molecule has 3 rings (SSSR count). The summed E-state index contributed by atoms with van der Waals surface area (Å²) in [6.45, 7) is 4.49. The Labute approximate surface area is 193 Å². The summed E-state index contributed by atoms with van der Waals surface area (Å²) in [5.74, 6) is 1.06. The summed E-state index contributed by atoms with van der Waals surface area (Å²) < 4.78 is 16.4. The van der Waals surface area contributed by atoms with Crippen LogP contribution in [0.2, 0.25) is 0 Å². The Morgan fingerprint density at radius 1 is 1.12 bits per heavy atom. The normalized spacial score (nSPS) is 17.3. The van der Waals surface area contributed by atoms with Gasteiger partial charge in [-0.25, -0.2) is 4.79 Å². The molecule has 172 valence electrons. The third kappa shape index (κ3) is 4.80. The van der Waals surface area contributed by atoms with Crippen molar-refractivity contribution in [2.24, 2.45) is 0 Å². The summed E-state index contributed by atoms with van der Waals surface area (Å²) in [5, 5.41) is -0.0311. The van der Waals surface area contributed by atoms with Gasteiger partial charge in [0, 0.05) is 24.2 Å². The summed E-state index contributed by atoms with van der Waals surface area (Å²) in [6.07, 6.45) is 1.94. The Kier molecular flexibility index (Phi) is 7.90. The molecule has 0 radical (unpaired) electrons. The van der Waals surface area contributed by atoms with Gasteiger partial charge in [-0.3, -0.25) is 9.69 Å². The van der Waals surface area contributed by atoms with Crippen LogP contribution in [-0.4, -0.2) is 49.4 Å². The summed E-state index contributed by atoms with van der Waals surface area (Å²) in [4.78, 5) is 29.4. The van der Waals surface area contributed by atoms with E-state index in [-0.39, 0.29) is 23.9 Å². The fraction of sp³-hybridized carbons (Fsp3) is 0.417. The molecule has 8 heteroatoms. The minimum Gasteiger partial charge on any atom is -0.493 e. The van der Waals surface area contributed by atoms with E-state index in [4.69, 9.17) is 14.2 Å². The van der Waals surface area contributed by atoms with E-state index in [1.165, 1.54) is 11.8 Å². The van der Waals surface area contributed by atoms with E-state index < -0.39 is 6.09 Å². The number of hydrogen-bond donors (Lipinski definition) is 0. The van der Waals surface area contributed by atoms with Gasteiger partial charge in [-0.2, -0.15) is 0 Å². The molecule has 2 aromatic carbocycles. The van der Waals surface area contributed by atoms with E-state index in [1.54, 1.807) is 38.4 Å². The van der Waals surface area contributed by atoms with Crippen LogP contribution in [0.15, 0.2) is 42.5 Å². The predicted octanol–water partition coefficient (Wildman–Crippen LogP) is 5.49. The average molecular weight is 459 g/mol. The number of ether oxygens (including phenoxy) is 3. The summed E-state index contributed by atoms with van der Waals surface area (Å²) in [7, 11) is 3.13. The largest absolute Gasteiger partial charge is 0.493 e. The zero-order valence-corrected chi connectivity index (χ0v) is 20.0. The van der Waals surface area contributed by atoms with Crippen molar-refractivity contribution in [2.45, 2.75) is 38.9 Å². The first-order valence-corrected chi connectivity index (χ1v) is 11.8. The third-order valence-corrected chi connectivity index (χ3v) is 6.19. The van der Waals surface area contributed by atoms with Gasteiger partial charge in [0.2, 0.25) is 0 Å². The molecular weight excluding hydrogens is 428 g/mol. The second-order valence-corrected chi connectivity index (χ2v) is 8.28. The number of benzene rings is 2. The zero-order valence-electron chi connectivity index (χ0n) is 19.2. The number of thioether (sulfide) groups is 1. The number of methoxy groups -OCH3 is 2. The maximum Gasteiger partial charge on any atom is 0.414 e. The molecule has 2 atom stereocenters. The Morgan fingerprint density at radius 3 is 2.38 bits per heavy atom. The lowest BCUT2D eigenvalue weighted by molar-refractivity contribution is 0.151. The van der Waals surface area contributed by atoms with Crippen LogP contribution in [0, 0.1) is 0 Å². The second kappa shape index (κ2) is 10.6. The lowest BCUT2D eigenvalue weighted by Gasteiger charge is -2.43. The summed E-state index contributed by atoms with van der Waals surface area (Å²) >= 11 is 1.18. The lowest BCUT2D eigenvalue weighted by Crippen LogP contribution is -2.47. The topological polar surface area (TPSA) is 68.3 Å². The number of amides is 2. The van der Waals surface area contributed by atoms with E-state index in [9.17, 15) is 9.59 Å². The van der Waals surface area contributed by atoms with Crippen molar-refractivity contribution in [2.75, 3.05) is 32.0 Å². The number of anilines is 1. The number of carbonyl (C=O) groups excluding carboxylic acids is 2. The molecule has 2 aromatic rings. The molecule has 0 aromatic heterocycles. The Hall–Kier alpha value is -2.87. The van der Waals surface area contributed by atoms with Gasteiger partial charge >= 0.3 is 6.09 Å². The molecule has 0 aliphatic carbocycles. The summed E-state index contributed by atoms with van der Waals surface area (Å²) in [5.41, 5.74) is 2.53. The predicted molar refractivity (Wildman–Crippen MR) is 127 cm³/mol. The molecule has 0 fully saturated rings. The summed E-state index contributed by atoms with van der Waals surface area (Å²) in [6, 6.07) is 13.1. The van der Waals surface area contributed by atoms with E-state index in [1.807, 2.05) is 48.2 Å². The molecule has 32 heavy (non-hydrogen) atoms. The maximum atomic E-state index is 13.1. The number of rotatable bonds is 6. The maximum absolute atomic E-state index is 13.1. The first-order valence-electron chi connectivity index (χ1n) is 10.6. The number of hydrogen-bond acceptors (Lipinski definition) is 6. The van der Waals surface area contributed by atoms with Gasteiger partial charge in [0.05, 0.1) is 32.6 Å².